The molecule has 3 unspecified atom stereocenters. The number of carbonyl (C=O) groups is 4. The number of hydrogen-bond acceptors (Lipinski definition) is 10. The number of sulfone groups is 1. The molecular weight excluding hydrogens is 614 g/mol. The van der Waals surface area contributed by atoms with Crippen molar-refractivity contribution in [1.82, 2.24) is 15.2 Å². The van der Waals surface area contributed by atoms with Crippen molar-refractivity contribution in [3.63, 3.8) is 0 Å². The van der Waals surface area contributed by atoms with Gasteiger partial charge in [-0.1, -0.05) is 78.3 Å². The molecule has 0 saturated carbocycles. The number of carbonyl (C=O) groups excluding carboxylic acids is 4. The number of allylic oxidation sites excluding steroid dienone is 2. The standard InChI is InChI=1S/C25H31N3O9S.C4H10.2C2H6/c1-16-6-5-9-26-21(31)7-3-4-11-36-25(33)23-20(38(2,34)35)8-10-28(23)24(32)19-15-37-22(27-19)14-18(30)13-17(29)12-16;1-4(2)3;2*1-2/h3,5-7,12,15,17,20,23,29H,4,8-11,13-14H2,1-2H3,(H,26,31);4H,1-3H3;2*1-2H3/b6-5+,7-3+,16-12+;;;. The first-order chi connectivity index (χ1) is 21.7. The lowest BCUT2D eigenvalue weighted by Crippen LogP contribution is -2.48. The van der Waals surface area contributed by atoms with Crippen molar-refractivity contribution < 1.29 is 41.9 Å². The van der Waals surface area contributed by atoms with Crippen LogP contribution in [0.15, 0.2) is 46.6 Å². The normalized spacial score (nSPS) is 24.2. The average molecular weight is 668 g/mol. The molecular formula is C33H53N3O9S. The van der Waals surface area contributed by atoms with E-state index in [-0.39, 0.29) is 68.7 Å². The van der Waals surface area contributed by atoms with E-state index in [4.69, 9.17) is 9.15 Å². The number of esters is 1. The van der Waals surface area contributed by atoms with Gasteiger partial charge >= 0.3 is 5.97 Å². The molecule has 12 nitrogen and oxygen atoms in total. The Bertz CT molecular complexity index is 1310. The molecule has 2 amide bonds. The molecule has 13 heteroatoms. The van der Waals surface area contributed by atoms with Gasteiger partial charge in [-0.05, 0) is 25.3 Å². The van der Waals surface area contributed by atoms with Crippen LogP contribution in [0.25, 0.3) is 0 Å². The number of nitrogens with zero attached hydrogens (tertiary/aromatic N) is 2. The second kappa shape index (κ2) is 22.0. The van der Waals surface area contributed by atoms with Crippen molar-refractivity contribution in [2.45, 2.75) is 98.5 Å². The third-order valence-corrected chi connectivity index (χ3v) is 7.57. The highest BCUT2D eigenvalue weighted by molar-refractivity contribution is 7.91. The molecule has 0 aliphatic carbocycles. The predicted molar refractivity (Wildman–Crippen MR) is 178 cm³/mol. The summed E-state index contributed by atoms with van der Waals surface area (Å²) < 4.78 is 35.2. The summed E-state index contributed by atoms with van der Waals surface area (Å²) in [7, 11) is -3.71. The molecule has 260 valence electrons. The first-order valence-electron chi connectivity index (χ1n) is 15.8. The largest absolute Gasteiger partial charge is 0.464 e. The number of amides is 2. The molecule has 1 saturated heterocycles. The first kappa shape index (κ1) is 42.4. The molecule has 3 heterocycles. The fraction of sp³-hybridized carbons (Fsp3) is 0.606. The van der Waals surface area contributed by atoms with Crippen LogP contribution in [0, 0.1) is 5.92 Å². The topological polar surface area (TPSA) is 173 Å². The Hall–Kier alpha value is -3.58. The van der Waals surface area contributed by atoms with Crippen LogP contribution in [0.2, 0.25) is 0 Å². The number of aromatic nitrogens is 1. The molecule has 3 atom stereocenters. The van der Waals surface area contributed by atoms with Crippen molar-refractivity contribution in [3.8, 4) is 0 Å². The molecule has 0 spiro atoms. The Morgan fingerprint density at radius 2 is 1.67 bits per heavy atom. The fourth-order valence-electron chi connectivity index (χ4n) is 4.22. The summed E-state index contributed by atoms with van der Waals surface area (Å²) in [6, 6.07) is -1.38. The summed E-state index contributed by atoms with van der Waals surface area (Å²) in [5, 5.41) is 11.7. The lowest BCUT2D eigenvalue weighted by molar-refractivity contribution is -0.147. The molecule has 46 heavy (non-hydrogen) atoms. The van der Waals surface area contributed by atoms with Crippen LogP contribution in [0.4, 0.5) is 0 Å². The van der Waals surface area contributed by atoms with Crippen LogP contribution in [-0.2, 0) is 35.4 Å². The summed E-state index contributed by atoms with van der Waals surface area (Å²) in [6.45, 7) is 16.3. The van der Waals surface area contributed by atoms with E-state index < -0.39 is 39.1 Å². The third kappa shape index (κ3) is 15.6. The summed E-state index contributed by atoms with van der Waals surface area (Å²) in [5.74, 6) is -1.60. The number of rotatable bonds is 1. The van der Waals surface area contributed by atoms with Gasteiger partial charge in [-0.3, -0.25) is 14.4 Å². The smallest absolute Gasteiger partial charge is 0.330 e. The number of ketones is 1. The summed E-state index contributed by atoms with van der Waals surface area (Å²) in [5.41, 5.74) is 0.500. The van der Waals surface area contributed by atoms with E-state index in [1.165, 1.54) is 18.2 Å². The molecule has 1 aromatic heterocycles. The predicted octanol–water partition coefficient (Wildman–Crippen LogP) is 4.00. The zero-order chi connectivity index (χ0) is 35.4. The second-order valence-electron chi connectivity index (χ2n) is 10.9. The van der Waals surface area contributed by atoms with Gasteiger partial charge in [0.15, 0.2) is 15.5 Å². The Morgan fingerprint density at radius 1 is 1.04 bits per heavy atom. The molecule has 1 aromatic rings. The van der Waals surface area contributed by atoms with E-state index in [9.17, 15) is 32.7 Å². The number of aliphatic hydroxyl groups is 1. The second-order valence-corrected chi connectivity index (χ2v) is 13.1. The van der Waals surface area contributed by atoms with Crippen LogP contribution < -0.4 is 5.32 Å². The minimum Gasteiger partial charge on any atom is -0.464 e. The van der Waals surface area contributed by atoms with E-state index >= 15 is 0 Å². The number of oxazole rings is 1. The number of hydrogen-bond donors (Lipinski definition) is 2. The minimum atomic E-state index is -3.71. The van der Waals surface area contributed by atoms with Gasteiger partial charge < -0.3 is 24.5 Å². The lowest BCUT2D eigenvalue weighted by atomic mass is 10.1. The van der Waals surface area contributed by atoms with Crippen LogP contribution in [0.1, 0.15) is 91.0 Å². The van der Waals surface area contributed by atoms with Gasteiger partial charge in [0.05, 0.1) is 24.4 Å². The maximum absolute atomic E-state index is 13.2. The van der Waals surface area contributed by atoms with Crippen LogP contribution in [0.3, 0.4) is 0 Å². The SMILES string of the molecule is CC.CC.CC(C)C.CC1=C\C(O)CC(=O)Cc2nc(co2)C(=O)N2CCC(S(C)(=O)=O)C2C(=O)OCC/C=C/C(=O)NC\C=C\1. The molecule has 2 bridgehead atoms. The van der Waals surface area contributed by atoms with Crippen molar-refractivity contribution in [1.29, 1.82) is 0 Å². The summed E-state index contributed by atoms with van der Waals surface area (Å²) in [4.78, 5) is 55.5. The number of ether oxygens (including phenoxy) is 1. The highest BCUT2D eigenvalue weighted by Gasteiger charge is 2.48. The van der Waals surface area contributed by atoms with E-state index in [1.807, 2.05) is 27.7 Å². The van der Waals surface area contributed by atoms with Crippen molar-refractivity contribution in [2.75, 3.05) is 26.0 Å². The zero-order valence-electron chi connectivity index (χ0n) is 28.7. The number of Topliss-reactive ketones (excluding diaryl/α,β-unsaturated/α-hetero) is 1. The Morgan fingerprint density at radius 3 is 2.28 bits per heavy atom. The molecule has 0 aromatic carbocycles. The zero-order valence-corrected chi connectivity index (χ0v) is 29.6. The molecule has 1 fully saturated rings. The lowest BCUT2D eigenvalue weighted by Gasteiger charge is -2.25. The van der Waals surface area contributed by atoms with E-state index in [0.29, 0.717) is 5.57 Å². The number of aliphatic hydroxyl groups excluding tert-OH is 1. The van der Waals surface area contributed by atoms with Gasteiger partial charge in [0.25, 0.3) is 5.91 Å². The van der Waals surface area contributed by atoms with Gasteiger partial charge in [0.1, 0.15) is 18.1 Å². The third-order valence-electron chi connectivity index (χ3n) is 5.98. The highest BCUT2D eigenvalue weighted by atomic mass is 32.2. The van der Waals surface area contributed by atoms with Gasteiger partial charge in [-0.2, -0.15) is 0 Å². The number of fused-ring (bicyclic) bond motifs is 3. The van der Waals surface area contributed by atoms with Crippen LogP contribution >= 0.6 is 0 Å². The van der Waals surface area contributed by atoms with Crippen LogP contribution in [0.5, 0.6) is 0 Å². The quantitative estimate of drug-likeness (QED) is 0.417. The van der Waals surface area contributed by atoms with E-state index in [0.717, 1.165) is 23.3 Å². The van der Waals surface area contributed by atoms with Gasteiger partial charge in [-0.15, -0.1) is 0 Å². The Kier molecular flexibility index (Phi) is 20.3. The Labute approximate surface area is 274 Å². The molecule has 3 rings (SSSR count). The maximum Gasteiger partial charge on any atom is 0.330 e. The van der Waals surface area contributed by atoms with Gasteiger partial charge in [0, 0.05) is 32.2 Å². The molecule has 2 aliphatic heterocycles. The number of nitrogens with one attached hydrogen (secondary N) is 1. The van der Waals surface area contributed by atoms with Gasteiger partial charge in [0.2, 0.25) is 11.8 Å². The molecule has 0 radical (unpaired) electrons. The maximum atomic E-state index is 13.2. The van der Waals surface area contributed by atoms with Crippen LogP contribution in [-0.4, -0.2) is 90.3 Å². The first-order valence-corrected chi connectivity index (χ1v) is 17.7. The monoisotopic (exact) mass is 667 g/mol. The summed E-state index contributed by atoms with van der Waals surface area (Å²) in [6.07, 6.45) is 8.36. The average Bonchev–Trinajstić information content (AvgIpc) is 3.64. The molecule has 2 N–H and O–H groups in total. The number of cyclic esters (lactones) is 1. The fourth-order valence-corrected chi connectivity index (χ4v) is 5.48. The van der Waals surface area contributed by atoms with E-state index in [1.54, 1.807) is 19.1 Å². The van der Waals surface area contributed by atoms with Crippen molar-refractivity contribution in [3.05, 3.63) is 53.8 Å². The molecule has 2 aliphatic rings. The highest BCUT2D eigenvalue weighted by Crippen LogP contribution is 2.27. The van der Waals surface area contributed by atoms with E-state index in [2.05, 4.69) is 31.1 Å². The Balaban J connectivity index is 0.00000230. The van der Waals surface area contributed by atoms with Crippen molar-refractivity contribution >= 4 is 33.4 Å². The summed E-state index contributed by atoms with van der Waals surface area (Å²) >= 11 is 0. The van der Waals surface area contributed by atoms with Gasteiger partial charge in [-0.25, -0.2) is 18.2 Å². The van der Waals surface area contributed by atoms with Crippen molar-refractivity contribution in [2.24, 2.45) is 5.92 Å². The minimum absolute atomic E-state index is 0.0244.